The van der Waals surface area contributed by atoms with Crippen LogP contribution in [0.15, 0.2) is 54.6 Å². The standard InChI is InChI=1S/C19H20F3N3O4S/c1-25(13-17(26)23-16-10-6-5-9-15(16)19(20,21)22)18(27)11-12-30(28,29)24-14-7-3-2-4-8-14/h2-10,24H,11-13H2,1H3,(H,23,26). The van der Waals surface area contributed by atoms with Gasteiger partial charge in [0, 0.05) is 19.2 Å². The topological polar surface area (TPSA) is 95.6 Å². The summed E-state index contributed by atoms with van der Waals surface area (Å²) in [7, 11) is -2.53. The van der Waals surface area contributed by atoms with E-state index in [9.17, 15) is 31.2 Å². The molecule has 162 valence electrons. The van der Waals surface area contributed by atoms with Gasteiger partial charge in [0.25, 0.3) is 0 Å². The van der Waals surface area contributed by atoms with Gasteiger partial charge in [-0.1, -0.05) is 30.3 Å². The molecule has 2 N–H and O–H groups in total. The van der Waals surface area contributed by atoms with Crippen LogP contribution in [0.25, 0.3) is 0 Å². The first-order chi connectivity index (χ1) is 14.0. The molecule has 0 bridgehead atoms. The number of hydrogen-bond donors (Lipinski definition) is 2. The SMILES string of the molecule is CN(CC(=O)Nc1ccccc1C(F)(F)F)C(=O)CCS(=O)(=O)Nc1ccccc1. The van der Waals surface area contributed by atoms with E-state index < -0.39 is 58.0 Å². The number of sulfonamides is 1. The van der Waals surface area contributed by atoms with Crippen LogP contribution < -0.4 is 10.0 Å². The van der Waals surface area contributed by atoms with Gasteiger partial charge < -0.3 is 10.2 Å². The molecule has 2 amide bonds. The van der Waals surface area contributed by atoms with E-state index in [1.54, 1.807) is 30.3 Å². The largest absolute Gasteiger partial charge is 0.418 e. The normalized spacial score (nSPS) is 11.6. The highest BCUT2D eigenvalue weighted by Crippen LogP contribution is 2.34. The molecular weight excluding hydrogens is 423 g/mol. The van der Waals surface area contributed by atoms with Crippen LogP contribution >= 0.6 is 0 Å². The summed E-state index contributed by atoms with van der Waals surface area (Å²) in [6.07, 6.45) is -5.04. The summed E-state index contributed by atoms with van der Waals surface area (Å²) >= 11 is 0. The molecule has 7 nitrogen and oxygen atoms in total. The van der Waals surface area contributed by atoms with Gasteiger partial charge in [-0.05, 0) is 24.3 Å². The fourth-order valence-corrected chi connectivity index (χ4v) is 3.52. The van der Waals surface area contributed by atoms with Gasteiger partial charge in [0.1, 0.15) is 0 Å². The van der Waals surface area contributed by atoms with Crippen LogP contribution in [0.3, 0.4) is 0 Å². The molecule has 0 aliphatic heterocycles. The van der Waals surface area contributed by atoms with Crippen molar-refractivity contribution in [3.63, 3.8) is 0 Å². The monoisotopic (exact) mass is 443 g/mol. The number of carbonyl (C=O) groups excluding carboxylic acids is 2. The molecule has 0 spiro atoms. The summed E-state index contributed by atoms with van der Waals surface area (Å²) in [5.41, 5.74) is -1.09. The van der Waals surface area contributed by atoms with Crippen molar-refractivity contribution >= 4 is 33.2 Å². The van der Waals surface area contributed by atoms with Crippen molar-refractivity contribution in [2.45, 2.75) is 12.6 Å². The molecule has 2 rings (SSSR count). The molecule has 0 aromatic heterocycles. The maximum absolute atomic E-state index is 13.0. The number of rotatable bonds is 8. The van der Waals surface area contributed by atoms with Gasteiger partial charge in [0.15, 0.2) is 0 Å². The predicted molar refractivity (Wildman–Crippen MR) is 106 cm³/mol. The lowest BCUT2D eigenvalue weighted by Gasteiger charge is -2.18. The minimum atomic E-state index is -4.65. The van der Waals surface area contributed by atoms with Crippen molar-refractivity contribution in [3.05, 3.63) is 60.2 Å². The van der Waals surface area contributed by atoms with Crippen molar-refractivity contribution in [1.29, 1.82) is 0 Å². The molecule has 30 heavy (non-hydrogen) atoms. The number of nitrogens with zero attached hydrogens (tertiary/aromatic N) is 1. The number of amides is 2. The highest BCUT2D eigenvalue weighted by Gasteiger charge is 2.33. The van der Waals surface area contributed by atoms with Gasteiger partial charge in [0.2, 0.25) is 21.8 Å². The first-order valence-electron chi connectivity index (χ1n) is 8.73. The lowest BCUT2D eigenvalue weighted by atomic mass is 10.1. The van der Waals surface area contributed by atoms with E-state index in [0.29, 0.717) is 5.69 Å². The Bertz CT molecular complexity index is 996. The van der Waals surface area contributed by atoms with Gasteiger partial charge in [-0.2, -0.15) is 13.2 Å². The number of halogens is 3. The molecule has 0 heterocycles. The van der Waals surface area contributed by atoms with Crippen LogP contribution in [0.2, 0.25) is 0 Å². The molecule has 0 radical (unpaired) electrons. The number of para-hydroxylation sites is 2. The van der Waals surface area contributed by atoms with Gasteiger partial charge in [0.05, 0.1) is 23.5 Å². The molecule has 11 heteroatoms. The Balaban J connectivity index is 1.89. The Morgan fingerprint density at radius 2 is 1.60 bits per heavy atom. The third-order valence-electron chi connectivity index (χ3n) is 3.94. The Kier molecular flexibility index (Phi) is 7.43. The predicted octanol–water partition coefficient (Wildman–Crippen LogP) is 2.93. The minimum Gasteiger partial charge on any atom is -0.336 e. The number of alkyl halides is 3. The number of anilines is 2. The zero-order valence-corrected chi connectivity index (χ0v) is 16.8. The van der Waals surface area contributed by atoms with Crippen LogP contribution in [-0.2, 0) is 25.8 Å². The minimum absolute atomic E-state index is 0.348. The summed E-state index contributed by atoms with van der Waals surface area (Å²) in [6.45, 7) is -0.531. The van der Waals surface area contributed by atoms with Crippen LogP contribution in [0.4, 0.5) is 24.5 Å². The molecule has 2 aromatic rings. The molecular formula is C19H20F3N3O4S. The lowest BCUT2D eigenvalue weighted by Crippen LogP contribution is -2.36. The Morgan fingerprint density at radius 3 is 2.23 bits per heavy atom. The van der Waals surface area contributed by atoms with E-state index in [1.165, 1.54) is 19.2 Å². The fraction of sp³-hybridized carbons (Fsp3) is 0.263. The van der Waals surface area contributed by atoms with Crippen LogP contribution in [0.5, 0.6) is 0 Å². The fourth-order valence-electron chi connectivity index (χ4n) is 2.48. The Hall–Kier alpha value is -3.08. The van der Waals surface area contributed by atoms with Gasteiger partial charge in [-0.3, -0.25) is 14.3 Å². The molecule has 0 fully saturated rings. The van der Waals surface area contributed by atoms with Crippen LogP contribution in [0.1, 0.15) is 12.0 Å². The van der Waals surface area contributed by atoms with Crippen molar-refractivity contribution in [3.8, 4) is 0 Å². The summed E-state index contributed by atoms with van der Waals surface area (Å²) in [4.78, 5) is 25.1. The number of carbonyl (C=O) groups is 2. The quantitative estimate of drug-likeness (QED) is 0.656. The highest BCUT2D eigenvalue weighted by molar-refractivity contribution is 7.92. The molecule has 0 aliphatic rings. The van der Waals surface area contributed by atoms with E-state index in [1.807, 2.05) is 0 Å². The molecule has 0 atom stereocenters. The number of benzene rings is 2. The van der Waals surface area contributed by atoms with E-state index >= 15 is 0 Å². The van der Waals surface area contributed by atoms with Crippen molar-refractivity contribution in [2.24, 2.45) is 0 Å². The van der Waals surface area contributed by atoms with Gasteiger partial charge >= 0.3 is 6.18 Å². The molecule has 0 aliphatic carbocycles. The number of hydrogen-bond acceptors (Lipinski definition) is 4. The first kappa shape index (κ1) is 23.2. The van der Waals surface area contributed by atoms with E-state index in [-0.39, 0.29) is 0 Å². The summed E-state index contributed by atoms with van der Waals surface area (Å²) in [5, 5.41) is 2.12. The Morgan fingerprint density at radius 1 is 1.00 bits per heavy atom. The first-order valence-corrected chi connectivity index (χ1v) is 10.4. The van der Waals surface area contributed by atoms with Crippen molar-refractivity contribution in [1.82, 2.24) is 4.90 Å². The van der Waals surface area contributed by atoms with Crippen molar-refractivity contribution in [2.75, 3.05) is 29.4 Å². The average molecular weight is 443 g/mol. The zero-order valence-electron chi connectivity index (χ0n) is 15.9. The zero-order chi connectivity index (χ0) is 22.4. The molecule has 0 saturated heterocycles. The molecule has 0 unspecified atom stereocenters. The summed E-state index contributed by atoms with van der Waals surface area (Å²) in [6, 6.07) is 12.6. The lowest BCUT2D eigenvalue weighted by molar-refractivity contribution is -0.137. The maximum atomic E-state index is 13.0. The Labute approximate surface area is 171 Å². The summed E-state index contributed by atoms with van der Waals surface area (Å²) < 4.78 is 65.4. The molecule has 2 aromatic carbocycles. The van der Waals surface area contributed by atoms with E-state index in [2.05, 4.69) is 10.0 Å². The second kappa shape index (κ2) is 9.61. The smallest absolute Gasteiger partial charge is 0.336 e. The number of nitrogens with one attached hydrogen (secondary N) is 2. The van der Waals surface area contributed by atoms with E-state index in [4.69, 9.17) is 0 Å². The van der Waals surface area contributed by atoms with Crippen molar-refractivity contribution < 1.29 is 31.2 Å². The number of likely N-dealkylation sites (N-methyl/N-ethyl adjacent to an activating group) is 1. The third-order valence-corrected chi connectivity index (χ3v) is 5.23. The van der Waals surface area contributed by atoms with Gasteiger partial charge in [-0.15, -0.1) is 0 Å². The summed E-state index contributed by atoms with van der Waals surface area (Å²) in [5.74, 6) is -2.00. The highest BCUT2D eigenvalue weighted by atomic mass is 32.2. The second-order valence-corrected chi connectivity index (χ2v) is 8.22. The maximum Gasteiger partial charge on any atom is 0.418 e. The van der Waals surface area contributed by atoms with Crippen LogP contribution in [0, 0.1) is 0 Å². The van der Waals surface area contributed by atoms with Crippen LogP contribution in [-0.4, -0.2) is 44.5 Å². The van der Waals surface area contributed by atoms with E-state index in [0.717, 1.165) is 17.0 Å². The van der Waals surface area contributed by atoms with Gasteiger partial charge in [-0.25, -0.2) is 8.42 Å². The molecule has 0 saturated carbocycles. The third kappa shape index (κ3) is 7.07. The average Bonchev–Trinajstić information content (AvgIpc) is 2.66. The second-order valence-electron chi connectivity index (χ2n) is 6.38.